The van der Waals surface area contributed by atoms with Crippen molar-refractivity contribution in [2.24, 2.45) is 10.8 Å². The zero-order valence-electron chi connectivity index (χ0n) is 12.0. The van der Waals surface area contributed by atoms with Gasteiger partial charge in [0.15, 0.2) is 6.29 Å². The van der Waals surface area contributed by atoms with Crippen molar-refractivity contribution in [2.45, 2.75) is 79.8 Å². The molecule has 1 aliphatic heterocycles. The Labute approximate surface area is 101 Å². The van der Waals surface area contributed by atoms with Gasteiger partial charge in [-0.25, -0.2) is 0 Å². The Hall–Kier alpha value is -0.0800. The van der Waals surface area contributed by atoms with Crippen LogP contribution in [0.5, 0.6) is 0 Å². The summed E-state index contributed by atoms with van der Waals surface area (Å²) in [6, 6.07) is 0. The summed E-state index contributed by atoms with van der Waals surface area (Å²) in [5.41, 5.74) is 0.390. The maximum atomic E-state index is 6.00. The van der Waals surface area contributed by atoms with Crippen LogP contribution in [0.15, 0.2) is 0 Å². The third kappa shape index (κ3) is 3.46. The average Bonchev–Trinajstić information content (AvgIpc) is 2.14. The summed E-state index contributed by atoms with van der Waals surface area (Å²) >= 11 is 0. The van der Waals surface area contributed by atoms with Gasteiger partial charge in [0, 0.05) is 6.42 Å². The molecule has 2 unspecified atom stereocenters. The third-order valence-electron chi connectivity index (χ3n) is 3.33. The standard InChI is InChI=1S/C14H28O2/c1-8-12-15-10(13(2,3)4)9-11(16-12)14(5,6)7/h10-12H,8-9H2,1-7H3. The van der Waals surface area contributed by atoms with E-state index in [4.69, 9.17) is 9.47 Å². The van der Waals surface area contributed by atoms with Crippen LogP contribution in [-0.2, 0) is 9.47 Å². The molecular formula is C14H28O2. The van der Waals surface area contributed by atoms with Gasteiger partial charge in [-0.2, -0.15) is 0 Å². The highest BCUT2D eigenvalue weighted by Gasteiger charge is 2.40. The van der Waals surface area contributed by atoms with Gasteiger partial charge in [-0.3, -0.25) is 0 Å². The van der Waals surface area contributed by atoms with Crippen LogP contribution in [0.4, 0.5) is 0 Å². The van der Waals surface area contributed by atoms with Crippen LogP contribution < -0.4 is 0 Å². The molecule has 2 heteroatoms. The molecule has 1 saturated heterocycles. The molecule has 1 heterocycles. The molecule has 0 radical (unpaired) electrons. The fraction of sp³-hybridized carbons (Fsp3) is 1.00. The maximum Gasteiger partial charge on any atom is 0.158 e. The molecule has 2 atom stereocenters. The molecule has 0 aromatic carbocycles. The van der Waals surface area contributed by atoms with Gasteiger partial charge < -0.3 is 9.47 Å². The van der Waals surface area contributed by atoms with Gasteiger partial charge in [0.05, 0.1) is 12.2 Å². The largest absolute Gasteiger partial charge is 0.349 e. The van der Waals surface area contributed by atoms with Crippen molar-refractivity contribution in [3.63, 3.8) is 0 Å². The lowest BCUT2D eigenvalue weighted by Crippen LogP contribution is -2.48. The quantitative estimate of drug-likeness (QED) is 0.675. The Balaban J connectivity index is 2.77. The smallest absolute Gasteiger partial charge is 0.158 e. The van der Waals surface area contributed by atoms with Crippen LogP contribution >= 0.6 is 0 Å². The van der Waals surface area contributed by atoms with Crippen molar-refractivity contribution in [3.8, 4) is 0 Å². The van der Waals surface area contributed by atoms with E-state index in [1.807, 2.05) is 0 Å². The van der Waals surface area contributed by atoms with E-state index >= 15 is 0 Å². The summed E-state index contributed by atoms with van der Waals surface area (Å²) in [6.45, 7) is 15.6. The van der Waals surface area contributed by atoms with E-state index in [-0.39, 0.29) is 17.1 Å². The summed E-state index contributed by atoms with van der Waals surface area (Å²) < 4.78 is 12.0. The second-order valence-corrected chi connectivity index (χ2v) is 7.06. The first-order valence-corrected chi connectivity index (χ1v) is 6.45. The molecule has 0 N–H and O–H groups in total. The summed E-state index contributed by atoms with van der Waals surface area (Å²) in [7, 11) is 0. The molecule has 0 bridgehead atoms. The number of hydrogen-bond donors (Lipinski definition) is 0. The third-order valence-corrected chi connectivity index (χ3v) is 3.33. The van der Waals surface area contributed by atoms with Gasteiger partial charge >= 0.3 is 0 Å². The van der Waals surface area contributed by atoms with Crippen LogP contribution in [0.2, 0.25) is 0 Å². The first kappa shape index (κ1) is 14.0. The molecule has 16 heavy (non-hydrogen) atoms. The Morgan fingerprint density at radius 3 is 1.50 bits per heavy atom. The fourth-order valence-electron chi connectivity index (χ4n) is 2.01. The molecule has 1 rings (SSSR count). The Kier molecular flexibility index (Phi) is 4.07. The van der Waals surface area contributed by atoms with E-state index in [9.17, 15) is 0 Å². The van der Waals surface area contributed by atoms with Crippen molar-refractivity contribution in [3.05, 3.63) is 0 Å². The lowest BCUT2D eigenvalue weighted by atomic mass is 9.78. The van der Waals surface area contributed by atoms with Crippen LogP contribution in [0, 0.1) is 10.8 Å². The van der Waals surface area contributed by atoms with Crippen LogP contribution in [0.1, 0.15) is 61.3 Å². The predicted molar refractivity (Wildman–Crippen MR) is 67.4 cm³/mol. The molecule has 0 saturated carbocycles. The van der Waals surface area contributed by atoms with Crippen molar-refractivity contribution in [1.82, 2.24) is 0 Å². The fourth-order valence-corrected chi connectivity index (χ4v) is 2.01. The average molecular weight is 228 g/mol. The van der Waals surface area contributed by atoms with E-state index < -0.39 is 0 Å². The minimum absolute atomic E-state index is 0.0257. The van der Waals surface area contributed by atoms with Crippen LogP contribution in [-0.4, -0.2) is 18.5 Å². The Morgan fingerprint density at radius 1 is 0.875 bits per heavy atom. The second kappa shape index (κ2) is 4.66. The molecule has 0 spiro atoms. The molecule has 1 aliphatic rings. The van der Waals surface area contributed by atoms with Crippen LogP contribution in [0.3, 0.4) is 0 Å². The van der Waals surface area contributed by atoms with Gasteiger partial charge in [-0.05, 0) is 17.3 Å². The zero-order valence-corrected chi connectivity index (χ0v) is 12.0. The van der Waals surface area contributed by atoms with E-state index in [1.54, 1.807) is 0 Å². The summed E-state index contributed by atoms with van der Waals surface area (Å²) in [5, 5.41) is 0. The summed E-state index contributed by atoms with van der Waals surface area (Å²) in [4.78, 5) is 0. The molecule has 0 aromatic heterocycles. The zero-order chi connectivity index (χ0) is 12.6. The SMILES string of the molecule is CCC1OC(C(C)(C)C)CC(C(C)(C)C)O1. The van der Waals surface area contributed by atoms with E-state index in [0.717, 1.165) is 12.8 Å². The van der Waals surface area contributed by atoms with Gasteiger partial charge in [0.2, 0.25) is 0 Å². The highest BCUT2D eigenvalue weighted by molar-refractivity contribution is 4.86. The molecular weight excluding hydrogens is 200 g/mol. The summed E-state index contributed by atoms with van der Waals surface area (Å²) in [5.74, 6) is 0. The predicted octanol–water partition coefficient (Wildman–Crippen LogP) is 3.99. The van der Waals surface area contributed by atoms with Gasteiger partial charge in [-0.1, -0.05) is 48.5 Å². The number of ether oxygens (including phenoxy) is 2. The van der Waals surface area contributed by atoms with Crippen molar-refractivity contribution < 1.29 is 9.47 Å². The minimum Gasteiger partial charge on any atom is -0.349 e. The van der Waals surface area contributed by atoms with Crippen LogP contribution in [0.25, 0.3) is 0 Å². The lowest BCUT2D eigenvalue weighted by molar-refractivity contribution is -0.279. The highest BCUT2D eigenvalue weighted by atomic mass is 16.7. The number of rotatable bonds is 1. The van der Waals surface area contributed by atoms with E-state index in [1.165, 1.54) is 0 Å². The molecule has 96 valence electrons. The van der Waals surface area contributed by atoms with Gasteiger partial charge in [0.1, 0.15) is 0 Å². The summed E-state index contributed by atoms with van der Waals surface area (Å²) in [6.07, 6.45) is 2.51. The molecule has 0 aliphatic carbocycles. The normalized spacial score (nSPS) is 32.8. The van der Waals surface area contributed by atoms with Crippen molar-refractivity contribution in [2.75, 3.05) is 0 Å². The van der Waals surface area contributed by atoms with Crippen molar-refractivity contribution >= 4 is 0 Å². The lowest BCUT2D eigenvalue weighted by Gasteiger charge is -2.45. The Morgan fingerprint density at radius 2 is 1.25 bits per heavy atom. The topological polar surface area (TPSA) is 18.5 Å². The van der Waals surface area contributed by atoms with Gasteiger partial charge in [0.25, 0.3) is 0 Å². The van der Waals surface area contributed by atoms with E-state index in [2.05, 4.69) is 48.5 Å². The second-order valence-electron chi connectivity index (χ2n) is 7.06. The number of hydrogen-bond acceptors (Lipinski definition) is 2. The molecule has 0 amide bonds. The van der Waals surface area contributed by atoms with Gasteiger partial charge in [-0.15, -0.1) is 0 Å². The highest BCUT2D eigenvalue weighted by Crippen LogP contribution is 2.38. The maximum absolute atomic E-state index is 6.00. The van der Waals surface area contributed by atoms with E-state index in [0.29, 0.717) is 12.2 Å². The first-order chi connectivity index (χ1) is 7.14. The Bertz CT molecular complexity index is 200. The molecule has 1 fully saturated rings. The monoisotopic (exact) mass is 228 g/mol. The molecule has 0 aromatic rings. The molecule has 2 nitrogen and oxygen atoms in total. The minimum atomic E-state index is -0.0257. The first-order valence-electron chi connectivity index (χ1n) is 6.45. The van der Waals surface area contributed by atoms with Crippen molar-refractivity contribution in [1.29, 1.82) is 0 Å².